The molecular formula is C27H30N2O4S. The van der Waals surface area contributed by atoms with Crippen molar-refractivity contribution in [2.75, 3.05) is 26.9 Å². The Hall–Kier alpha value is -3.16. The smallest absolute Gasteiger partial charge is 0.244 e. The van der Waals surface area contributed by atoms with Crippen molar-refractivity contribution in [1.82, 2.24) is 10.3 Å². The van der Waals surface area contributed by atoms with Crippen molar-refractivity contribution in [2.45, 2.75) is 31.8 Å². The minimum absolute atomic E-state index is 0.122. The standard InChI is InChI=1S/C27H30N2O4S/c1-20-29-23(18-34-20)17-33-25-5-3-4-21(16-25)6-11-26(30)28-19-27(12-14-32-15-13-27)22-7-9-24(31-2)10-8-22/h3-11,16,18H,12-15,17,19H2,1-2H3,(H,28,30). The lowest BCUT2D eigenvalue weighted by Gasteiger charge is -2.38. The molecular weight excluding hydrogens is 448 g/mol. The summed E-state index contributed by atoms with van der Waals surface area (Å²) in [6.07, 6.45) is 5.10. The largest absolute Gasteiger partial charge is 0.497 e. The number of carbonyl (C=O) groups is 1. The Labute approximate surface area is 204 Å². The van der Waals surface area contributed by atoms with E-state index >= 15 is 0 Å². The number of aromatic nitrogens is 1. The SMILES string of the molecule is COc1ccc(C2(CNC(=O)C=Cc3cccc(OCc4csc(C)n4)c3)CCOCC2)cc1. The summed E-state index contributed by atoms with van der Waals surface area (Å²) in [6, 6.07) is 15.8. The van der Waals surface area contributed by atoms with Crippen LogP contribution in [0.15, 0.2) is 60.0 Å². The number of rotatable bonds is 9. The molecule has 1 aliphatic rings. The topological polar surface area (TPSA) is 69.7 Å². The molecule has 1 fully saturated rings. The van der Waals surface area contributed by atoms with Gasteiger partial charge in [0.1, 0.15) is 18.1 Å². The molecule has 0 atom stereocenters. The number of amides is 1. The molecule has 0 unspecified atom stereocenters. The average Bonchev–Trinajstić information content (AvgIpc) is 3.31. The zero-order valence-corrected chi connectivity index (χ0v) is 20.4. The second kappa shape index (κ2) is 11.3. The van der Waals surface area contributed by atoms with Gasteiger partial charge in [0, 0.05) is 36.6 Å². The fraction of sp³-hybridized carbons (Fsp3) is 0.333. The van der Waals surface area contributed by atoms with Gasteiger partial charge in [0.25, 0.3) is 0 Å². The number of methoxy groups -OCH3 is 1. The van der Waals surface area contributed by atoms with Gasteiger partial charge in [-0.2, -0.15) is 0 Å². The molecule has 0 saturated carbocycles. The number of ether oxygens (including phenoxy) is 3. The molecule has 34 heavy (non-hydrogen) atoms. The van der Waals surface area contributed by atoms with Crippen LogP contribution in [0.25, 0.3) is 6.08 Å². The molecule has 1 saturated heterocycles. The van der Waals surface area contributed by atoms with E-state index in [1.165, 1.54) is 5.56 Å². The second-order valence-corrected chi connectivity index (χ2v) is 9.45. The molecule has 0 radical (unpaired) electrons. The van der Waals surface area contributed by atoms with Crippen LogP contribution < -0.4 is 14.8 Å². The zero-order chi connectivity index (χ0) is 23.8. The molecule has 2 heterocycles. The van der Waals surface area contributed by atoms with E-state index in [1.807, 2.05) is 48.7 Å². The van der Waals surface area contributed by atoms with Crippen LogP contribution >= 0.6 is 11.3 Å². The monoisotopic (exact) mass is 478 g/mol. The molecule has 2 aromatic carbocycles. The summed E-state index contributed by atoms with van der Waals surface area (Å²) >= 11 is 1.61. The number of carbonyl (C=O) groups excluding carboxylic acids is 1. The highest BCUT2D eigenvalue weighted by molar-refractivity contribution is 7.09. The van der Waals surface area contributed by atoms with Crippen molar-refractivity contribution in [3.8, 4) is 11.5 Å². The maximum absolute atomic E-state index is 12.6. The molecule has 7 heteroatoms. The summed E-state index contributed by atoms with van der Waals surface area (Å²) in [6.45, 7) is 4.33. The number of hydrogen-bond acceptors (Lipinski definition) is 6. The van der Waals surface area contributed by atoms with Crippen LogP contribution in [0, 0.1) is 6.92 Å². The van der Waals surface area contributed by atoms with Gasteiger partial charge < -0.3 is 19.5 Å². The lowest BCUT2D eigenvalue weighted by molar-refractivity contribution is -0.116. The first kappa shape index (κ1) is 24.0. The van der Waals surface area contributed by atoms with Crippen molar-refractivity contribution < 1.29 is 19.0 Å². The molecule has 1 aliphatic heterocycles. The van der Waals surface area contributed by atoms with Crippen LogP contribution in [-0.4, -0.2) is 37.8 Å². The fourth-order valence-electron chi connectivity index (χ4n) is 4.10. The van der Waals surface area contributed by atoms with Gasteiger partial charge in [-0.1, -0.05) is 24.3 Å². The van der Waals surface area contributed by atoms with E-state index in [0.717, 1.165) is 40.6 Å². The van der Waals surface area contributed by atoms with Gasteiger partial charge in [0.2, 0.25) is 5.91 Å². The van der Waals surface area contributed by atoms with Gasteiger partial charge >= 0.3 is 0 Å². The third-order valence-corrected chi connectivity index (χ3v) is 6.91. The van der Waals surface area contributed by atoms with E-state index in [1.54, 1.807) is 30.6 Å². The highest BCUT2D eigenvalue weighted by Crippen LogP contribution is 2.35. The highest BCUT2D eigenvalue weighted by atomic mass is 32.1. The van der Waals surface area contributed by atoms with Crippen molar-refractivity contribution in [3.05, 3.63) is 81.8 Å². The van der Waals surface area contributed by atoms with Crippen LogP contribution in [-0.2, 0) is 21.6 Å². The molecule has 0 spiro atoms. The summed E-state index contributed by atoms with van der Waals surface area (Å²) in [4.78, 5) is 17.1. The van der Waals surface area contributed by atoms with Crippen molar-refractivity contribution >= 4 is 23.3 Å². The number of nitrogens with one attached hydrogen (secondary N) is 1. The Kier molecular flexibility index (Phi) is 7.98. The van der Waals surface area contributed by atoms with Crippen LogP contribution in [0.3, 0.4) is 0 Å². The Morgan fingerprint density at radius 2 is 1.97 bits per heavy atom. The number of hydrogen-bond donors (Lipinski definition) is 1. The van der Waals surface area contributed by atoms with E-state index in [2.05, 4.69) is 22.4 Å². The number of aryl methyl sites for hydroxylation is 1. The molecule has 1 aromatic heterocycles. The van der Waals surface area contributed by atoms with Gasteiger partial charge in [-0.05, 0) is 61.2 Å². The van der Waals surface area contributed by atoms with E-state index in [-0.39, 0.29) is 11.3 Å². The molecule has 1 amide bonds. The minimum Gasteiger partial charge on any atom is -0.497 e. The van der Waals surface area contributed by atoms with Gasteiger partial charge in [0.15, 0.2) is 0 Å². The Morgan fingerprint density at radius 1 is 1.18 bits per heavy atom. The molecule has 0 bridgehead atoms. The maximum atomic E-state index is 12.6. The van der Waals surface area contributed by atoms with Crippen molar-refractivity contribution in [1.29, 1.82) is 0 Å². The van der Waals surface area contributed by atoms with Gasteiger partial charge in [-0.15, -0.1) is 11.3 Å². The zero-order valence-electron chi connectivity index (χ0n) is 19.6. The van der Waals surface area contributed by atoms with E-state index < -0.39 is 0 Å². The number of nitrogens with zero attached hydrogens (tertiary/aromatic N) is 1. The molecule has 3 aromatic rings. The van der Waals surface area contributed by atoms with Crippen molar-refractivity contribution in [3.63, 3.8) is 0 Å². The summed E-state index contributed by atoms with van der Waals surface area (Å²) in [7, 11) is 1.66. The Bertz CT molecular complexity index is 1120. The van der Waals surface area contributed by atoms with Crippen LogP contribution in [0.1, 0.15) is 34.7 Å². The van der Waals surface area contributed by atoms with Crippen LogP contribution in [0.2, 0.25) is 0 Å². The highest BCUT2D eigenvalue weighted by Gasteiger charge is 2.34. The molecule has 6 nitrogen and oxygen atoms in total. The molecule has 0 aliphatic carbocycles. The summed E-state index contributed by atoms with van der Waals surface area (Å²) in [5, 5.41) is 6.13. The van der Waals surface area contributed by atoms with E-state index in [0.29, 0.717) is 26.4 Å². The number of thiazole rings is 1. The minimum atomic E-state index is -0.143. The van der Waals surface area contributed by atoms with Crippen LogP contribution in [0.4, 0.5) is 0 Å². The van der Waals surface area contributed by atoms with E-state index in [9.17, 15) is 4.79 Å². The first-order valence-corrected chi connectivity index (χ1v) is 12.3. The van der Waals surface area contributed by atoms with Gasteiger partial charge in [0.05, 0.1) is 17.8 Å². The number of benzene rings is 2. The quantitative estimate of drug-likeness (QED) is 0.442. The third kappa shape index (κ3) is 6.24. The Balaban J connectivity index is 1.36. The average molecular weight is 479 g/mol. The second-order valence-electron chi connectivity index (χ2n) is 8.39. The third-order valence-electron chi connectivity index (χ3n) is 6.09. The van der Waals surface area contributed by atoms with Gasteiger partial charge in [-0.25, -0.2) is 4.98 Å². The summed E-state index contributed by atoms with van der Waals surface area (Å²) < 4.78 is 16.7. The fourth-order valence-corrected chi connectivity index (χ4v) is 4.70. The maximum Gasteiger partial charge on any atom is 0.244 e. The lowest BCUT2D eigenvalue weighted by Crippen LogP contribution is -2.44. The molecule has 178 valence electrons. The van der Waals surface area contributed by atoms with Gasteiger partial charge in [-0.3, -0.25) is 4.79 Å². The van der Waals surface area contributed by atoms with Crippen molar-refractivity contribution in [2.24, 2.45) is 0 Å². The molecule has 1 N–H and O–H groups in total. The first-order chi connectivity index (χ1) is 16.6. The first-order valence-electron chi connectivity index (χ1n) is 11.4. The van der Waals surface area contributed by atoms with Crippen LogP contribution in [0.5, 0.6) is 11.5 Å². The predicted molar refractivity (Wildman–Crippen MR) is 134 cm³/mol. The lowest BCUT2D eigenvalue weighted by atomic mass is 9.74. The molecule has 4 rings (SSSR count). The summed E-state index contributed by atoms with van der Waals surface area (Å²) in [5.74, 6) is 1.45. The normalized spacial score (nSPS) is 15.2. The predicted octanol–water partition coefficient (Wildman–Crippen LogP) is 4.92. The summed E-state index contributed by atoms with van der Waals surface area (Å²) in [5.41, 5.74) is 2.87. The Morgan fingerprint density at radius 3 is 2.68 bits per heavy atom. The van der Waals surface area contributed by atoms with E-state index in [4.69, 9.17) is 14.2 Å².